The van der Waals surface area contributed by atoms with Crippen molar-refractivity contribution in [1.29, 1.82) is 0 Å². The minimum absolute atomic E-state index is 0.0221. The Labute approximate surface area is 251 Å². The molecule has 0 bridgehead atoms. The lowest BCUT2D eigenvalue weighted by Crippen LogP contribution is -2.22. The molecule has 1 aliphatic carbocycles. The molecule has 1 saturated carbocycles. The molecule has 0 radical (unpaired) electrons. The number of rotatable bonds is 9. The Morgan fingerprint density at radius 2 is 1.77 bits per heavy atom. The number of nitrogens with zero attached hydrogens (tertiary/aromatic N) is 3. The van der Waals surface area contributed by atoms with Gasteiger partial charge in [0.15, 0.2) is 0 Å². The minimum Gasteiger partial charge on any atom is -0.478 e. The van der Waals surface area contributed by atoms with Crippen molar-refractivity contribution in [2.45, 2.75) is 51.4 Å². The summed E-state index contributed by atoms with van der Waals surface area (Å²) in [7, 11) is 1.63. The maximum absolute atomic E-state index is 15.6. The van der Waals surface area contributed by atoms with E-state index in [0.29, 0.717) is 22.4 Å². The van der Waals surface area contributed by atoms with Crippen LogP contribution in [0.4, 0.5) is 13.2 Å². The van der Waals surface area contributed by atoms with Crippen LogP contribution in [0.15, 0.2) is 66.7 Å². The number of hydrogen-bond acceptors (Lipinski definition) is 5. The van der Waals surface area contributed by atoms with E-state index < -0.39 is 23.4 Å². The number of carbonyl (C=O) groups is 1. The van der Waals surface area contributed by atoms with Gasteiger partial charge in [-0.15, -0.1) is 0 Å². The van der Waals surface area contributed by atoms with E-state index in [1.807, 2.05) is 4.57 Å². The van der Waals surface area contributed by atoms with Crippen LogP contribution in [0.25, 0.3) is 22.3 Å². The number of aromatic nitrogens is 3. The highest BCUT2D eigenvalue weighted by molar-refractivity contribution is 5.92. The number of fused-ring (bicyclic) bond motifs is 1. The van der Waals surface area contributed by atoms with Crippen LogP contribution >= 0.6 is 0 Å². The number of imidazole rings is 1. The molecule has 226 valence electrons. The van der Waals surface area contributed by atoms with E-state index >= 15 is 8.78 Å². The molecule has 0 spiro atoms. The summed E-state index contributed by atoms with van der Waals surface area (Å²) in [6, 6.07) is 16.3. The fourth-order valence-electron chi connectivity index (χ4n) is 5.90. The third-order valence-corrected chi connectivity index (χ3v) is 8.13. The zero-order valence-electron chi connectivity index (χ0n) is 24.2. The van der Waals surface area contributed by atoms with Crippen LogP contribution in [0.1, 0.15) is 58.2 Å². The summed E-state index contributed by atoms with van der Waals surface area (Å²) in [5.74, 6) is -2.15. The van der Waals surface area contributed by atoms with Gasteiger partial charge in [0.2, 0.25) is 5.88 Å². The molecular weight excluding hydrogens is 571 g/mol. The van der Waals surface area contributed by atoms with E-state index in [1.165, 1.54) is 12.1 Å². The van der Waals surface area contributed by atoms with Gasteiger partial charge in [0.25, 0.3) is 0 Å². The number of benzene rings is 3. The van der Waals surface area contributed by atoms with Crippen LogP contribution in [0.5, 0.6) is 5.88 Å². The molecule has 6 rings (SSSR count). The number of aromatic carboxylic acids is 1. The average Bonchev–Trinajstić information content (AvgIpc) is 3.61. The number of pyridine rings is 1. The largest absolute Gasteiger partial charge is 0.478 e. The summed E-state index contributed by atoms with van der Waals surface area (Å²) in [6.45, 7) is 1.72. The van der Waals surface area contributed by atoms with Crippen molar-refractivity contribution in [1.82, 2.24) is 14.5 Å². The average molecular weight is 602 g/mol. The predicted molar refractivity (Wildman–Crippen MR) is 158 cm³/mol. The highest BCUT2D eigenvalue weighted by Crippen LogP contribution is 2.37. The second-order valence-electron chi connectivity index (χ2n) is 11.0. The van der Waals surface area contributed by atoms with E-state index in [-0.39, 0.29) is 53.4 Å². The first-order chi connectivity index (χ1) is 21.2. The van der Waals surface area contributed by atoms with Crippen LogP contribution in [0.2, 0.25) is 0 Å². The number of hydrogen-bond donors (Lipinski definition) is 1. The smallest absolute Gasteiger partial charge is 0.335 e. The first kappa shape index (κ1) is 29.4. The van der Waals surface area contributed by atoms with Crippen LogP contribution in [-0.2, 0) is 17.8 Å². The van der Waals surface area contributed by atoms with Crippen molar-refractivity contribution in [2.75, 3.05) is 7.11 Å². The highest BCUT2D eigenvalue weighted by atomic mass is 19.1. The second kappa shape index (κ2) is 12.1. The van der Waals surface area contributed by atoms with Crippen molar-refractivity contribution < 1.29 is 32.5 Å². The zero-order chi connectivity index (χ0) is 31.0. The first-order valence-corrected chi connectivity index (χ1v) is 14.3. The van der Waals surface area contributed by atoms with Crippen molar-refractivity contribution in [3.63, 3.8) is 0 Å². The monoisotopic (exact) mass is 601 g/mol. The number of aryl methyl sites for hydroxylation is 1. The van der Waals surface area contributed by atoms with E-state index in [9.17, 15) is 14.3 Å². The van der Waals surface area contributed by atoms with Gasteiger partial charge in [-0.2, -0.15) is 0 Å². The second-order valence-corrected chi connectivity index (χ2v) is 11.0. The Morgan fingerprint density at radius 3 is 2.55 bits per heavy atom. The maximum atomic E-state index is 15.6. The van der Waals surface area contributed by atoms with Gasteiger partial charge < -0.3 is 19.1 Å². The number of carboxylic acid groups (broad SMARTS) is 1. The van der Waals surface area contributed by atoms with Gasteiger partial charge in [-0.05, 0) is 79.8 Å². The molecule has 3 aromatic carbocycles. The number of ether oxygens (including phenoxy) is 2. The summed E-state index contributed by atoms with van der Waals surface area (Å²) in [5, 5.41) is 9.57. The van der Waals surface area contributed by atoms with Crippen molar-refractivity contribution >= 4 is 17.0 Å². The van der Waals surface area contributed by atoms with Gasteiger partial charge in [0.05, 0.1) is 34.4 Å². The maximum Gasteiger partial charge on any atom is 0.335 e. The lowest BCUT2D eigenvalue weighted by molar-refractivity contribution is 0.0697. The molecular formula is C34H30F3N3O4. The van der Waals surface area contributed by atoms with Crippen molar-refractivity contribution in [3.05, 3.63) is 112 Å². The standard InChI is InChI=1S/C34H30F3N3O4/c1-19-9-10-21(24(35)13-19)18-44-33-8-3-5-27(39-33)23-17-25(36)22(14-26(23)37)16-32-38-28-12-11-20(34(41)42)15-30(28)40(32)29-6-4-7-31(29)43-2/h3,5,8-15,17,29,31H,4,6-7,16,18H2,1-2H3,(H,41,42)/t29-,31+/m0/s1. The molecule has 10 heteroatoms. The lowest BCUT2D eigenvalue weighted by Gasteiger charge is -2.23. The highest BCUT2D eigenvalue weighted by Gasteiger charge is 2.32. The number of carboxylic acids is 1. The molecule has 44 heavy (non-hydrogen) atoms. The van der Waals surface area contributed by atoms with Gasteiger partial charge in [-0.3, -0.25) is 0 Å². The third kappa shape index (κ3) is 5.77. The van der Waals surface area contributed by atoms with Gasteiger partial charge >= 0.3 is 5.97 Å². The fourth-order valence-corrected chi connectivity index (χ4v) is 5.90. The Morgan fingerprint density at radius 1 is 0.955 bits per heavy atom. The summed E-state index contributed by atoms with van der Waals surface area (Å²) < 4.78 is 58.7. The SMILES string of the molecule is CO[C@@H]1CCC[C@@H]1n1c(Cc2cc(F)c(-c3cccc(OCc4ccc(C)cc4F)n3)cc2F)nc2ccc(C(=O)O)cc21. The molecule has 7 nitrogen and oxygen atoms in total. The summed E-state index contributed by atoms with van der Waals surface area (Å²) in [5.41, 5.74) is 2.63. The van der Waals surface area contributed by atoms with Gasteiger partial charge in [-0.25, -0.2) is 27.9 Å². The fraction of sp³-hybridized carbons (Fsp3) is 0.265. The topological polar surface area (TPSA) is 86.5 Å². The van der Waals surface area contributed by atoms with Gasteiger partial charge in [0.1, 0.15) is 29.9 Å². The molecule has 2 heterocycles. The molecule has 0 unspecified atom stereocenters. The van der Waals surface area contributed by atoms with Gasteiger partial charge in [-0.1, -0.05) is 18.2 Å². The van der Waals surface area contributed by atoms with Crippen molar-refractivity contribution in [3.8, 4) is 17.1 Å². The molecule has 5 aromatic rings. The molecule has 0 amide bonds. The van der Waals surface area contributed by atoms with Crippen LogP contribution in [-0.4, -0.2) is 38.8 Å². The van der Waals surface area contributed by atoms with Gasteiger partial charge in [0, 0.05) is 30.7 Å². The minimum atomic E-state index is -1.06. The molecule has 0 saturated heterocycles. The molecule has 1 aliphatic rings. The Kier molecular flexibility index (Phi) is 8.09. The van der Waals surface area contributed by atoms with Crippen LogP contribution in [0, 0.1) is 24.4 Å². The Balaban J connectivity index is 1.30. The van der Waals surface area contributed by atoms with E-state index in [0.717, 1.165) is 37.0 Å². The Bertz CT molecular complexity index is 1870. The predicted octanol–water partition coefficient (Wildman–Crippen LogP) is 7.43. The summed E-state index contributed by atoms with van der Waals surface area (Å²) in [6.07, 6.45) is 2.38. The molecule has 2 aromatic heterocycles. The molecule has 0 aliphatic heterocycles. The van der Waals surface area contributed by atoms with E-state index in [1.54, 1.807) is 56.5 Å². The normalized spacial score (nSPS) is 16.5. The van der Waals surface area contributed by atoms with Crippen LogP contribution in [0.3, 0.4) is 0 Å². The molecule has 1 N–H and O–H groups in total. The summed E-state index contributed by atoms with van der Waals surface area (Å²) in [4.78, 5) is 20.7. The summed E-state index contributed by atoms with van der Waals surface area (Å²) >= 11 is 0. The number of methoxy groups -OCH3 is 1. The van der Waals surface area contributed by atoms with E-state index in [2.05, 4.69) is 4.98 Å². The van der Waals surface area contributed by atoms with E-state index in [4.69, 9.17) is 14.5 Å². The molecule has 1 fully saturated rings. The molecule has 2 atom stereocenters. The zero-order valence-corrected chi connectivity index (χ0v) is 24.2. The van der Waals surface area contributed by atoms with Crippen LogP contribution < -0.4 is 4.74 Å². The first-order valence-electron chi connectivity index (χ1n) is 14.3. The number of halogens is 3. The lowest BCUT2D eigenvalue weighted by atomic mass is 10.0. The van der Waals surface area contributed by atoms with Crippen molar-refractivity contribution in [2.24, 2.45) is 0 Å². The quantitative estimate of drug-likeness (QED) is 0.189. The third-order valence-electron chi connectivity index (χ3n) is 8.13. The Hall–Kier alpha value is -4.70.